The van der Waals surface area contributed by atoms with Crippen LogP contribution in [0.4, 0.5) is 17.5 Å². The number of rotatable bonds is 2. The molecule has 20 heavy (non-hydrogen) atoms. The Bertz CT molecular complexity index is 674. The lowest BCUT2D eigenvalue weighted by atomic mass is 10.0. The van der Waals surface area contributed by atoms with Crippen LogP contribution < -0.4 is 10.6 Å². The number of hydrogen-bond acceptors (Lipinski definition) is 6. The summed E-state index contributed by atoms with van der Waals surface area (Å²) in [6.45, 7) is 1.46. The molecule has 0 aliphatic carbocycles. The maximum atomic E-state index is 10.7. The molecule has 0 amide bonds. The zero-order valence-electron chi connectivity index (χ0n) is 10.7. The van der Waals surface area contributed by atoms with Gasteiger partial charge >= 0.3 is 5.69 Å². The molecule has 0 atom stereocenters. The van der Waals surface area contributed by atoms with Crippen LogP contribution in [0.15, 0.2) is 30.5 Å². The number of nitro groups is 1. The third-order valence-corrected chi connectivity index (χ3v) is 3.40. The molecule has 1 aliphatic heterocycles. The van der Waals surface area contributed by atoms with Crippen molar-refractivity contribution >= 4 is 17.5 Å². The van der Waals surface area contributed by atoms with Gasteiger partial charge in [-0.3, -0.25) is 10.1 Å². The van der Waals surface area contributed by atoms with Crippen LogP contribution in [0, 0.1) is 10.1 Å². The van der Waals surface area contributed by atoms with E-state index in [4.69, 9.17) is 5.73 Å². The fourth-order valence-corrected chi connectivity index (χ4v) is 2.34. The van der Waals surface area contributed by atoms with Gasteiger partial charge in [-0.15, -0.1) is 0 Å². The highest BCUT2D eigenvalue weighted by molar-refractivity contribution is 5.54. The number of aromatic nitrogens is 2. The molecule has 7 heteroatoms. The highest BCUT2D eigenvalue weighted by Gasteiger charge is 2.21. The van der Waals surface area contributed by atoms with Gasteiger partial charge in [-0.25, -0.2) is 4.98 Å². The predicted molar refractivity (Wildman–Crippen MR) is 74.3 cm³/mol. The number of nitrogens with zero attached hydrogens (tertiary/aromatic N) is 4. The van der Waals surface area contributed by atoms with Crippen LogP contribution in [0.2, 0.25) is 0 Å². The Kier molecular flexibility index (Phi) is 2.94. The van der Waals surface area contributed by atoms with E-state index in [1.165, 1.54) is 11.1 Å². The average Bonchev–Trinajstić information content (AvgIpc) is 2.46. The van der Waals surface area contributed by atoms with Crippen LogP contribution in [-0.2, 0) is 13.0 Å². The zero-order valence-corrected chi connectivity index (χ0v) is 10.7. The summed E-state index contributed by atoms with van der Waals surface area (Å²) < 4.78 is 0. The monoisotopic (exact) mass is 271 g/mol. The Balaban J connectivity index is 1.88. The maximum Gasteiger partial charge on any atom is 0.329 e. The largest absolute Gasteiger partial charge is 0.378 e. The number of hydrogen-bond donors (Lipinski definition) is 1. The summed E-state index contributed by atoms with van der Waals surface area (Å²) in [5.41, 5.74) is 7.89. The van der Waals surface area contributed by atoms with E-state index in [9.17, 15) is 10.1 Å². The van der Waals surface area contributed by atoms with Crippen LogP contribution in [0.5, 0.6) is 0 Å². The lowest BCUT2D eigenvalue weighted by Crippen LogP contribution is -2.31. The van der Waals surface area contributed by atoms with Crippen LogP contribution in [0.3, 0.4) is 0 Å². The molecule has 0 saturated heterocycles. The number of anilines is 2. The summed E-state index contributed by atoms with van der Waals surface area (Å²) in [5, 5.41) is 10.7. The van der Waals surface area contributed by atoms with Crippen molar-refractivity contribution in [1.82, 2.24) is 9.97 Å². The van der Waals surface area contributed by atoms with Crippen LogP contribution >= 0.6 is 0 Å². The first kappa shape index (κ1) is 12.3. The summed E-state index contributed by atoms with van der Waals surface area (Å²) in [7, 11) is 0. The van der Waals surface area contributed by atoms with Crippen molar-refractivity contribution in [2.45, 2.75) is 13.0 Å². The Labute approximate surface area is 115 Å². The average molecular weight is 271 g/mol. The first-order valence-corrected chi connectivity index (χ1v) is 6.24. The summed E-state index contributed by atoms with van der Waals surface area (Å²) in [6.07, 6.45) is 2.06. The van der Waals surface area contributed by atoms with Gasteiger partial charge in [0, 0.05) is 13.1 Å². The number of benzene rings is 1. The van der Waals surface area contributed by atoms with Crippen molar-refractivity contribution in [2.75, 3.05) is 17.2 Å². The van der Waals surface area contributed by atoms with E-state index in [-0.39, 0.29) is 11.5 Å². The fraction of sp³-hybridized carbons (Fsp3) is 0.231. The van der Waals surface area contributed by atoms with Gasteiger partial charge in [0.2, 0.25) is 11.8 Å². The van der Waals surface area contributed by atoms with Crippen molar-refractivity contribution in [2.24, 2.45) is 0 Å². The molecule has 0 radical (unpaired) electrons. The predicted octanol–water partition coefficient (Wildman–Crippen LogP) is 1.53. The molecule has 0 fully saturated rings. The standard InChI is InChI=1S/C13H13N5O2/c14-12-11(18(19)20)7-15-13(16-12)17-6-5-9-3-1-2-4-10(9)8-17/h1-4,7H,5-6,8H2,(H2,14,15,16). The van der Waals surface area contributed by atoms with Crippen LogP contribution in [0.1, 0.15) is 11.1 Å². The van der Waals surface area contributed by atoms with Crippen molar-refractivity contribution in [3.8, 4) is 0 Å². The fourth-order valence-electron chi connectivity index (χ4n) is 2.34. The van der Waals surface area contributed by atoms with Crippen molar-refractivity contribution in [3.05, 3.63) is 51.7 Å². The van der Waals surface area contributed by atoms with E-state index >= 15 is 0 Å². The molecule has 7 nitrogen and oxygen atoms in total. The van der Waals surface area contributed by atoms with E-state index in [0.29, 0.717) is 12.5 Å². The Hall–Kier alpha value is -2.70. The van der Waals surface area contributed by atoms with Gasteiger partial charge in [0.1, 0.15) is 6.20 Å². The molecular formula is C13H13N5O2. The van der Waals surface area contributed by atoms with Gasteiger partial charge in [-0.1, -0.05) is 24.3 Å². The number of fused-ring (bicyclic) bond motifs is 1. The van der Waals surface area contributed by atoms with Crippen LogP contribution in [-0.4, -0.2) is 21.4 Å². The minimum Gasteiger partial charge on any atom is -0.378 e. The third-order valence-electron chi connectivity index (χ3n) is 3.40. The van der Waals surface area contributed by atoms with Crippen molar-refractivity contribution in [1.29, 1.82) is 0 Å². The van der Waals surface area contributed by atoms with Gasteiger partial charge in [-0.05, 0) is 17.5 Å². The first-order valence-electron chi connectivity index (χ1n) is 6.24. The molecule has 0 saturated carbocycles. The summed E-state index contributed by atoms with van der Waals surface area (Å²) >= 11 is 0. The number of nitrogens with two attached hydrogens (primary N) is 1. The molecule has 1 aromatic heterocycles. The van der Waals surface area contributed by atoms with Crippen molar-refractivity contribution in [3.63, 3.8) is 0 Å². The normalized spacial score (nSPS) is 13.9. The molecule has 1 aromatic carbocycles. The maximum absolute atomic E-state index is 10.7. The Morgan fingerprint density at radius 1 is 1.30 bits per heavy atom. The number of nitrogen functional groups attached to an aromatic ring is 1. The van der Waals surface area contributed by atoms with E-state index in [0.717, 1.165) is 19.2 Å². The minimum atomic E-state index is -0.579. The second-order valence-corrected chi connectivity index (χ2v) is 4.64. The van der Waals surface area contributed by atoms with Gasteiger partial charge in [0.05, 0.1) is 4.92 Å². The molecule has 2 N–H and O–H groups in total. The van der Waals surface area contributed by atoms with Gasteiger partial charge < -0.3 is 10.6 Å². The zero-order chi connectivity index (χ0) is 14.1. The molecule has 102 valence electrons. The first-order chi connectivity index (χ1) is 9.65. The van der Waals surface area contributed by atoms with E-state index < -0.39 is 4.92 Å². The third kappa shape index (κ3) is 2.13. The second kappa shape index (κ2) is 4.76. The SMILES string of the molecule is Nc1nc(N2CCc3ccccc3C2)ncc1[N+](=O)[O-]. The second-order valence-electron chi connectivity index (χ2n) is 4.64. The molecule has 3 rings (SSSR count). The Morgan fingerprint density at radius 2 is 2.05 bits per heavy atom. The molecule has 1 aliphatic rings. The van der Waals surface area contributed by atoms with Gasteiger partial charge in [0.15, 0.2) is 0 Å². The Morgan fingerprint density at radius 3 is 2.75 bits per heavy atom. The van der Waals surface area contributed by atoms with Crippen molar-refractivity contribution < 1.29 is 4.92 Å². The molecule has 0 spiro atoms. The van der Waals surface area contributed by atoms with E-state index in [1.54, 1.807) is 0 Å². The summed E-state index contributed by atoms with van der Waals surface area (Å²) in [4.78, 5) is 20.2. The highest BCUT2D eigenvalue weighted by atomic mass is 16.6. The molecule has 0 unspecified atom stereocenters. The molecule has 2 aromatic rings. The topological polar surface area (TPSA) is 98.2 Å². The highest BCUT2D eigenvalue weighted by Crippen LogP contribution is 2.25. The smallest absolute Gasteiger partial charge is 0.329 e. The molecule has 0 bridgehead atoms. The summed E-state index contributed by atoms with van der Waals surface area (Å²) in [5.74, 6) is 0.335. The van der Waals surface area contributed by atoms with Crippen LogP contribution in [0.25, 0.3) is 0 Å². The van der Waals surface area contributed by atoms with E-state index in [1.807, 2.05) is 17.0 Å². The summed E-state index contributed by atoms with van der Waals surface area (Å²) in [6, 6.07) is 8.19. The minimum absolute atomic E-state index is 0.0983. The van der Waals surface area contributed by atoms with Gasteiger partial charge in [0.25, 0.3) is 0 Å². The molecule has 2 heterocycles. The lowest BCUT2D eigenvalue weighted by Gasteiger charge is -2.28. The lowest BCUT2D eigenvalue weighted by molar-refractivity contribution is -0.384. The quantitative estimate of drug-likeness (QED) is 0.657. The van der Waals surface area contributed by atoms with E-state index in [2.05, 4.69) is 22.1 Å². The van der Waals surface area contributed by atoms with Gasteiger partial charge in [-0.2, -0.15) is 4.98 Å². The molecular weight excluding hydrogens is 258 g/mol.